The van der Waals surface area contributed by atoms with E-state index in [9.17, 15) is 5.11 Å². The highest BCUT2D eigenvalue weighted by Crippen LogP contribution is 2.24. The number of aliphatic hydroxyl groups is 1. The third-order valence-electron chi connectivity index (χ3n) is 2.90. The summed E-state index contributed by atoms with van der Waals surface area (Å²) in [5, 5.41) is 9.56. The van der Waals surface area contributed by atoms with Crippen LogP contribution in [0.25, 0.3) is 11.4 Å². The smallest absolute Gasteiger partial charge is 0.159 e. The Morgan fingerprint density at radius 3 is 2.56 bits per heavy atom. The van der Waals surface area contributed by atoms with Gasteiger partial charge in [0.15, 0.2) is 5.82 Å². The summed E-state index contributed by atoms with van der Waals surface area (Å²) < 4.78 is 1.04. The zero-order chi connectivity index (χ0) is 13.3. The molecule has 0 amide bonds. The Balaban J connectivity index is 2.45. The lowest BCUT2D eigenvalue weighted by molar-refractivity contribution is 0.197. The molecule has 0 saturated heterocycles. The molecule has 94 valence electrons. The van der Waals surface area contributed by atoms with Gasteiger partial charge in [-0.2, -0.15) is 0 Å². The number of aryl methyl sites for hydroxylation is 2. The average molecular weight is 307 g/mol. The molecule has 0 aliphatic heterocycles. The molecule has 2 aromatic rings. The lowest BCUT2D eigenvalue weighted by Gasteiger charge is -2.09. The normalized spacial score (nSPS) is 12.5. The van der Waals surface area contributed by atoms with Gasteiger partial charge in [-0.25, -0.2) is 9.97 Å². The summed E-state index contributed by atoms with van der Waals surface area (Å²) in [6, 6.07) is 6.03. The SMILES string of the molecule is Cc1ccc(-c2ncc(C(C)O)c(C)n2)cc1Br. The number of hydrogen-bond donors (Lipinski definition) is 1. The Labute approximate surface area is 115 Å². The Hall–Kier alpha value is -1.26. The summed E-state index contributed by atoms with van der Waals surface area (Å²) in [7, 11) is 0. The first kappa shape index (κ1) is 13.2. The average Bonchev–Trinajstić information content (AvgIpc) is 2.32. The third-order valence-corrected chi connectivity index (χ3v) is 3.75. The van der Waals surface area contributed by atoms with E-state index in [0.29, 0.717) is 5.82 Å². The predicted molar refractivity (Wildman–Crippen MR) is 75.3 cm³/mol. The van der Waals surface area contributed by atoms with E-state index in [1.165, 1.54) is 5.56 Å². The molecule has 1 atom stereocenters. The molecule has 0 fully saturated rings. The van der Waals surface area contributed by atoms with Crippen molar-refractivity contribution in [1.82, 2.24) is 9.97 Å². The van der Waals surface area contributed by atoms with Gasteiger partial charge in [0.1, 0.15) is 0 Å². The van der Waals surface area contributed by atoms with Gasteiger partial charge in [-0.1, -0.05) is 28.1 Å². The number of aromatic nitrogens is 2. The Morgan fingerprint density at radius 1 is 1.28 bits per heavy atom. The van der Waals surface area contributed by atoms with Gasteiger partial charge in [-0.05, 0) is 32.4 Å². The molecule has 18 heavy (non-hydrogen) atoms. The minimum atomic E-state index is -0.538. The molecule has 0 radical (unpaired) electrons. The standard InChI is InChI=1S/C14H15BrN2O/c1-8-4-5-11(6-13(8)15)14-16-7-12(10(3)18)9(2)17-14/h4-7,10,18H,1-3H3. The summed E-state index contributed by atoms with van der Waals surface area (Å²) >= 11 is 3.50. The van der Waals surface area contributed by atoms with Gasteiger partial charge in [0, 0.05) is 27.5 Å². The fourth-order valence-electron chi connectivity index (χ4n) is 1.76. The van der Waals surface area contributed by atoms with Gasteiger partial charge < -0.3 is 5.11 Å². The molecule has 0 spiro atoms. The highest BCUT2D eigenvalue weighted by Gasteiger charge is 2.09. The maximum Gasteiger partial charge on any atom is 0.159 e. The minimum absolute atomic E-state index is 0.538. The predicted octanol–water partition coefficient (Wildman–Crippen LogP) is 3.58. The topological polar surface area (TPSA) is 46.0 Å². The summed E-state index contributed by atoms with van der Waals surface area (Å²) in [5.74, 6) is 0.678. The van der Waals surface area contributed by atoms with Crippen LogP contribution in [-0.4, -0.2) is 15.1 Å². The van der Waals surface area contributed by atoms with Gasteiger partial charge in [0.25, 0.3) is 0 Å². The van der Waals surface area contributed by atoms with Crippen molar-refractivity contribution in [2.24, 2.45) is 0 Å². The van der Waals surface area contributed by atoms with Crippen molar-refractivity contribution >= 4 is 15.9 Å². The largest absolute Gasteiger partial charge is 0.389 e. The van der Waals surface area contributed by atoms with Gasteiger partial charge in [0.2, 0.25) is 0 Å². The van der Waals surface area contributed by atoms with Gasteiger partial charge in [-0.3, -0.25) is 0 Å². The number of benzene rings is 1. The highest BCUT2D eigenvalue weighted by molar-refractivity contribution is 9.10. The van der Waals surface area contributed by atoms with Crippen LogP contribution in [0.3, 0.4) is 0 Å². The van der Waals surface area contributed by atoms with Crippen molar-refractivity contribution < 1.29 is 5.11 Å². The molecule has 1 N–H and O–H groups in total. The fourth-order valence-corrected chi connectivity index (χ4v) is 2.14. The van der Waals surface area contributed by atoms with E-state index in [1.54, 1.807) is 13.1 Å². The molecule has 0 aliphatic carbocycles. The van der Waals surface area contributed by atoms with Crippen LogP contribution in [0, 0.1) is 13.8 Å². The summed E-state index contributed by atoms with van der Waals surface area (Å²) in [5.41, 5.74) is 3.72. The maximum atomic E-state index is 9.56. The van der Waals surface area contributed by atoms with Crippen LogP contribution in [0.4, 0.5) is 0 Å². The summed E-state index contributed by atoms with van der Waals surface area (Å²) in [6.07, 6.45) is 1.15. The van der Waals surface area contributed by atoms with E-state index in [2.05, 4.69) is 25.9 Å². The van der Waals surface area contributed by atoms with E-state index in [1.807, 2.05) is 32.0 Å². The quantitative estimate of drug-likeness (QED) is 0.922. The molecular formula is C14H15BrN2O. The van der Waals surface area contributed by atoms with Crippen LogP contribution in [-0.2, 0) is 0 Å². The van der Waals surface area contributed by atoms with Crippen molar-refractivity contribution in [3.8, 4) is 11.4 Å². The monoisotopic (exact) mass is 306 g/mol. The highest BCUT2D eigenvalue weighted by atomic mass is 79.9. The molecule has 0 aliphatic rings. The molecule has 1 heterocycles. The zero-order valence-corrected chi connectivity index (χ0v) is 12.2. The minimum Gasteiger partial charge on any atom is -0.389 e. The van der Waals surface area contributed by atoms with Crippen molar-refractivity contribution in [1.29, 1.82) is 0 Å². The van der Waals surface area contributed by atoms with Crippen LogP contribution in [0.2, 0.25) is 0 Å². The van der Waals surface area contributed by atoms with Gasteiger partial charge >= 0.3 is 0 Å². The second kappa shape index (κ2) is 5.16. The number of halogens is 1. The second-order valence-electron chi connectivity index (χ2n) is 4.37. The van der Waals surface area contributed by atoms with E-state index in [4.69, 9.17) is 0 Å². The molecule has 1 aromatic carbocycles. The number of hydrogen-bond acceptors (Lipinski definition) is 3. The van der Waals surface area contributed by atoms with Crippen LogP contribution < -0.4 is 0 Å². The van der Waals surface area contributed by atoms with Crippen LogP contribution in [0.15, 0.2) is 28.9 Å². The Morgan fingerprint density at radius 2 is 2.00 bits per heavy atom. The number of rotatable bonds is 2. The fraction of sp³-hybridized carbons (Fsp3) is 0.286. The van der Waals surface area contributed by atoms with E-state index in [0.717, 1.165) is 21.3 Å². The lowest BCUT2D eigenvalue weighted by atomic mass is 10.1. The van der Waals surface area contributed by atoms with E-state index >= 15 is 0 Å². The maximum absolute atomic E-state index is 9.56. The molecule has 1 unspecified atom stereocenters. The summed E-state index contributed by atoms with van der Waals surface area (Å²) in [4.78, 5) is 8.75. The van der Waals surface area contributed by atoms with Crippen molar-refractivity contribution in [3.63, 3.8) is 0 Å². The van der Waals surface area contributed by atoms with Crippen molar-refractivity contribution in [2.75, 3.05) is 0 Å². The molecule has 3 nitrogen and oxygen atoms in total. The Bertz CT molecular complexity index is 582. The molecule has 4 heteroatoms. The molecule has 0 saturated carbocycles. The van der Waals surface area contributed by atoms with E-state index < -0.39 is 6.10 Å². The van der Waals surface area contributed by atoms with Crippen molar-refractivity contribution in [2.45, 2.75) is 26.9 Å². The third kappa shape index (κ3) is 2.60. The van der Waals surface area contributed by atoms with Crippen LogP contribution in [0.5, 0.6) is 0 Å². The molecule has 2 rings (SSSR count). The van der Waals surface area contributed by atoms with Crippen LogP contribution in [0.1, 0.15) is 29.8 Å². The van der Waals surface area contributed by atoms with E-state index in [-0.39, 0.29) is 0 Å². The zero-order valence-electron chi connectivity index (χ0n) is 10.6. The van der Waals surface area contributed by atoms with Gasteiger partial charge in [-0.15, -0.1) is 0 Å². The Kier molecular flexibility index (Phi) is 3.78. The lowest BCUT2D eigenvalue weighted by Crippen LogP contribution is -2.01. The number of nitrogens with zero attached hydrogens (tertiary/aromatic N) is 2. The van der Waals surface area contributed by atoms with Gasteiger partial charge in [0.05, 0.1) is 6.10 Å². The first-order valence-electron chi connectivity index (χ1n) is 5.77. The molecular weight excluding hydrogens is 292 g/mol. The number of aliphatic hydroxyl groups excluding tert-OH is 1. The molecule has 1 aromatic heterocycles. The first-order valence-corrected chi connectivity index (χ1v) is 6.56. The first-order chi connectivity index (χ1) is 8.49. The van der Waals surface area contributed by atoms with Crippen molar-refractivity contribution in [3.05, 3.63) is 45.7 Å². The van der Waals surface area contributed by atoms with Crippen LogP contribution >= 0.6 is 15.9 Å². The molecule has 0 bridgehead atoms. The second-order valence-corrected chi connectivity index (χ2v) is 5.23. The summed E-state index contributed by atoms with van der Waals surface area (Å²) in [6.45, 7) is 5.64.